The molecule has 88 valence electrons. The number of nitrogens with zero attached hydrogens (tertiary/aromatic N) is 1. The fourth-order valence-corrected chi connectivity index (χ4v) is 1.19. The topological polar surface area (TPSA) is 101 Å². The first-order chi connectivity index (χ1) is 7.33. The minimum atomic E-state index is -1.03. The lowest BCUT2D eigenvalue weighted by molar-refractivity contribution is -0.561. The van der Waals surface area contributed by atoms with E-state index in [4.69, 9.17) is 0 Å². The molecule has 0 spiro atoms. The van der Waals surface area contributed by atoms with Crippen LogP contribution in [0, 0.1) is 10.1 Å². The van der Waals surface area contributed by atoms with Gasteiger partial charge in [0.05, 0.1) is 0 Å². The van der Waals surface area contributed by atoms with Crippen molar-refractivity contribution in [1.82, 2.24) is 10.6 Å². The number of carbonyl (C=O) groups is 2. The van der Waals surface area contributed by atoms with Gasteiger partial charge in [0.1, 0.15) is 5.70 Å². The average Bonchev–Trinajstić information content (AvgIpc) is 2.44. The summed E-state index contributed by atoms with van der Waals surface area (Å²) in [5.74, 6) is -0.496. The maximum Gasteiger partial charge on any atom is 0.326 e. The highest BCUT2D eigenvalue weighted by molar-refractivity contribution is 6.11. The van der Waals surface area contributed by atoms with Crippen LogP contribution >= 0.6 is 0 Å². The zero-order chi connectivity index (χ0) is 12.3. The fraction of sp³-hybridized carbons (Fsp3) is 0.556. The van der Waals surface area contributed by atoms with Crippen LogP contribution < -0.4 is 10.6 Å². The lowest BCUT2D eigenvalue weighted by Gasteiger charge is -2.13. The molecular weight excluding hydrogens is 214 g/mol. The van der Waals surface area contributed by atoms with E-state index in [-0.39, 0.29) is 10.6 Å². The normalized spacial score (nSPS) is 18.5. The molecule has 7 heteroatoms. The Morgan fingerprint density at radius 2 is 2.00 bits per heavy atom. The van der Waals surface area contributed by atoms with Gasteiger partial charge in [-0.2, -0.15) is 0 Å². The Hall–Kier alpha value is -1.92. The molecule has 16 heavy (non-hydrogen) atoms. The summed E-state index contributed by atoms with van der Waals surface area (Å²) in [6, 6.07) is -0.565. The Bertz CT molecular complexity index is 373. The molecule has 1 rings (SSSR count). The van der Waals surface area contributed by atoms with Gasteiger partial charge in [0.15, 0.2) is 0 Å². The Kier molecular flexibility index (Phi) is 3.26. The van der Waals surface area contributed by atoms with E-state index in [2.05, 4.69) is 5.32 Å². The van der Waals surface area contributed by atoms with Crippen molar-refractivity contribution in [2.45, 2.75) is 32.2 Å². The summed E-state index contributed by atoms with van der Waals surface area (Å²) >= 11 is 0. The monoisotopic (exact) mass is 227 g/mol. The summed E-state index contributed by atoms with van der Waals surface area (Å²) in [7, 11) is 0. The van der Waals surface area contributed by atoms with Crippen molar-refractivity contribution in [1.29, 1.82) is 0 Å². The first-order valence-electron chi connectivity index (χ1n) is 4.80. The Balaban J connectivity index is 2.52. The number of allylic oxidation sites excluding steroid dienone is 1. The highest BCUT2D eigenvalue weighted by Crippen LogP contribution is 2.16. The van der Waals surface area contributed by atoms with Crippen LogP contribution in [0.5, 0.6) is 0 Å². The molecule has 1 aliphatic rings. The van der Waals surface area contributed by atoms with E-state index in [1.807, 2.05) is 5.32 Å². The maximum atomic E-state index is 11.1. The number of carbonyl (C=O) groups excluding carboxylic acids is 2. The average molecular weight is 227 g/mol. The lowest BCUT2D eigenvalue weighted by Crippen LogP contribution is -2.30. The summed E-state index contributed by atoms with van der Waals surface area (Å²) in [4.78, 5) is 32.1. The molecule has 0 aromatic heterocycles. The number of amides is 3. The van der Waals surface area contributed by atoms with Crippen LogP contribution in [-0.4, -0.2) is 22.4 Å². The molecule has 1 heterocycles. The maximum absolute atomic E-state index is 11.1. The third-order valence-corrected chi connectivity index (χ3v) is 2.32. The molecule has 7 nitrogen and oxygen atoms in total. The molecule has 0 saturated carbocycles. The fourth-order valence-electron chi connectivity index (χ4n) is 1.19. The van der Waals surface area contributed by atoms with E-state index in [0.717, 1.165) is 0 Å². The van der Waals surface area contributed by atoms with Gasteiger partial charge in [-0.15, -0.1) is 0 Å². The van der Waals surface area contributed by atoms with Crippen LogP contribution in [0.2, 0.25) is 0 Å². The van der Waals surface area contributed by atoms with Gasteiger partial charge in [-0.05, 0) is 6.42 Å². The molecule has 0 aliphatic carbocycles. The minimum Gasteiger partial charge on any atom is -0.303 e. The second kappa shape index (κ2) is 4.30. The van der Waals surface area contributed by atoms with Crippen LogP contribution in [0.3, 0.4) is 0 Å². The second-order valence-corrected chi connectivity index (χ2v) is 4.13. The summed E-state index contributed by atoms with van der Waals surface area (Å²) < 4.78 is 0. The Morgan fingerprint density at radius 1 is 1.38 bits per heavy atom. The number of hydrogen-bond donors (Lipinski definition) is 2. The van der Waals surface area contributed by atoms with Crippen LogP contribution in [0.4, 0.5) is 4.79 Å². The van der Waals surface area contributed by atoms with Gasteiger partial charge in [-0.3, -0.25) is 20.2 Å². The number of nitro groups is 1. The number of nitrogens with one attached hydrogen (secondary N) is 2. The SMILES string of the molecule is CC(C)(CCC=C1NC(=O)NC1=O)[N+](=O)[O-]. The van der Waals surface area contributed by atoms with Gasteiger partial charge < -0.3 is 5.32 Å². The van der Waals surface area contributed by atoms with Gasteiger partial charge in [0.2, 0.25) is 5.54 Å². The number of imide groups is 1. The number of hydrogen-bond acceptors (Lipinski definition) is 4. The van der Waals surface area contributed by atoms with Crippen molar-refractivity contribution < 1.29 is 14.5 Å². The molecule has 3 amide bonds. The van der Waals surface area contributed by atoms with Crippen molar-refractivity contribution >= 4 is 11.9 Å². The van der Waals surface area contributed by atoms with Crippen molar-refractivity contribution in [2.24, 2.45) is 0 Å². The first kappa shape index (κ1) is 12.2. The number of urea groups is 1. The molecule has 0 aromatic carbocycles. The molecule has 2 N–H and O–H groups in total. The molecular formula is C9H13N3O4. The van der Waals surface area contributed by atoms with Gasteiger partial charge in [0, 0.05) is 25.2 Å². The van der Waals surface area contributed by atoms with Gasteiger partial charge in [-0.1, -0.05) is 6.08 Å². The smallest absolute Gasteiger partial charge is 0.303 e. The van der Waals surface area contributed by atoms with Crippen molar-refractivity contribution in [2.75, 3.05) is 0 Å². The molecule has 0 atom stereocenters. The molecule has 1 fully saturated rings. The van der Waals surface area contributed by atoms with Crippen LogP contribution in [0.15, 0.2) is 11.8 Å². The van der Waals surface area contributed by atoms with Crippen LogP contribution in [-0.2, 0) is 4.79 Å². The Morgan fingerprint density at radius 3 is 2.44 bits per heavy atom. The summed E-state index contributed by atoms with van der Waals surface area (Å²) in [5.41, 5.74) is -0.875. The molecule has 0 bridgehead atoms. The molecule has 0 aromatic rings. The Labute approximate surface area is 92.0 Å². The zero-order valence-corrected chi connectivity index (χ0v) is 9.07. The minimum absolute atomic E-state index is 0.157. The summed E-state index contributed by atoms with van der Waals surface area (Å²) in [5, 5.41) is 15.0. The molecule has 0 radical (unpaired) electrons. The van der Waals surface area contributed by atoms with E-state index < -0.39 is 17.5 Å². The van der Waals surface area contributed by atoms with Gasteiger partial charge in [-0.25, -0.2) is 4.79 Å². The van der Waals surface area contributed by atoms with E-state index in [9.17, 15) is 19.7 Å². The van der Waals surface area contributed by atoms with Crippen LogP contribution in [0.25, 0.3) is 0 Å². The predicted octanol–water partition coefficient (Wildman–Crippen LogP) is 0.545. The molecule has 0 unspecified atom stereocenters. The largest absolute Gasteiger partial charge is 0.326 e. The third kappa shape index (κ3) is 2.78. The van der Waals surface area contributed by atoms with E-state index in [1.54, 1.807) is 0 Å². The predicted molar refractivity (Wildman–Crippen MR) is 55.1 cm³/mol. The standard InChI is InChI=1S/C9H13N3O4/c1-9(2,12(15)16)5-3-4-6-7(13)11-8(14)10-6/h4H,3,5H2,1-2H3,(H2,10,11,13,14). The molecule has 1 aliphatic heterocycles. The third-order valence-electron chi connectivity index (χ3n) is 2.32. The zero-order valence-electron chi connectivity index (χ0n) is 9.07. The second-order valence-electron chi connectivity index (χ2n) is 4.13. The van der Waals surface area contributed by atoms with Gasteiger partial charge in [0.25, 0.3) is 5.91 Å². The van der Waals surface area contributed by atoms with Crippen molar-refractivity contribution in [3.05, 3.63) is 21.9 Å². The summed E-state index contributed by atoms with van der Waals surface area (Å²) in [6.45, 7) is 3.03. The quantitative estimate of drug-likeness (QED) is 0.317. The van der Waals surface area contributed by atoms with Crippen LogP contribution in [0.1, 0.15) is 26.7 Å². The van der Waals surface area contributed by atoms with E-state index in [1.165, 1.54) is 19.9 Å². The first-order valence-corrected chi connectivity index (χ1v) is 4.80. The lowest BCUT2D eigenvalue weighted by atomic mass is 9.99. The number of rotatable bonds is 4. The van der Waals surface area contributed by atoms with Gasteiger partial charge >= 0.3 is 6.03 Å². The van der Waals surface area contributed by atoms with Crippen molar-refractivity contribution in [3.63, 3.8) is 0 Å². The van der Waals surface area contributed by atoms with E-state index in [0.29, 0.717) is 12.8 Å². The van der Waals surface area contributed by atoms with E-state index >= 15 is 0 Å². The molecule has 1 saturated heterocycles. The highest BCUT2D eigenvalue weighted by Gasteiger charge is 2.30. The van der Waals surface area contributed by atoms with Crippen molar-refractivity contribution in [3.8, 4) is 0 Å². The summed E-state index contributed by atoms with van der Waals surface area (Å²) in [6.07, 6.45) is 2.15. The highest BCUT2D eigenvalue weighted by atomic mass is 16.6.